The van der Waals surface area contributed by atoms with Gasteiger partial charge in [0.15, 0.2) is 0 Å². The molecule has 0 amide bonds. The van der Waals surface area contributed by atoms with Crippen molar-refractivity contribution in [2.45, 2.75) is 209 Å². The number of quaternary nitrogens is 2. The zero-order valence-corrected chi connectivity index (χ0v) is 34.8. The van der Waals surface area contributed by atoms with Crippen LogP contribution < -0.4 is 5.26 Å². The van der Waals surface area contributed by atoms with E-state index in [0.717, 1.165) is 0 Å². The zero-order chi connectivity index (χ0) is 36.8. The first kappa shape index (κ1) is 52.1. The fraction of sp³-hybridized carbons (Fsp3) is 1.00. The van der Waals surface area contributed by atoms with Crippen LogP contribution in [0.5, 0.6) is 0 Å². The summed E-state index contributed by atoms with van der Waals surface area (Å²) in [6.45, 7) is 30.3. The van der Waals surface area contributed by atoms with Gasteiger partial charge in [0.1, 0.15) is 0 Å². The van der Waals surface area contributed by atoms with Gasteiger partial charge in [-0.15, -0.1) is 0 Å². The predicted molar refractivity (Wildman–Crippen MR) is 206 cm³/mol. The third kappa shape index (κ3) is 35.6. The minimum Gasteiger partial charge on any atom is -0.726 e. The Kier molecular flexibility index (Phi) is 41.2. The molecule has 0 aliphatic rings. The molecule has 8 heteroatoms. The molecule has 48 heavy (non-hydrogen) atoms. The van der Waals surface area contributed by atoms with Gasteiger partial charge in [-0.2, -0.15) is 0 Å². The number of rotatable bonds is 33. The highest BCUT2D eigenvalue weighted by Crippen LogP contribution is 2.20. The summed E-state index contributed by atoms with van der Waals surface area (Å²) in [5.74, 6) is 0. The third-order valence-corrected chi connectivity index (χ3v) is 10.1. The van der Waals surface area contributed by atoms with Crippen molar-refractivity contribution >= 4 is 10.4 Å². The van der Waals surface area contributed by atoms with E-state index in [9.17, 15) is 0 Å². The first-order valence-corrected chi connectivity index (χ1v) is 22.4. The molecule has 0 radical (unpaired) electrons. The van der Waals surface area contributed by atoms with E-state index in [0.29, 0.717) is 0 Å². The van der Waals surface area contributed by atoms with Crippen LogP contribution in [0.1, 0.15) is 209 Å². The summed E-state index contributed by atoms with van der Waals surface area (Å²) >= 11 is 0. The average molecular weight is 709 g/mol. The minimum absolute atomic E-state index is 1.36. The summed E-state index contributed by atoms with van der Waals surface area (Å²) in [6, 6.07) is 0. The molecule has 0 N–H and O–H groups in total. The summed E-state index contributed by atoms with van der Waals surface area (Å²) in [5, 5.41) is 8.55. The van der Waals surface area contributed by atoms with E-state index < -0.39 is 10.4 Å². The Labute approximate surface area is 303 Å². The molecule has 0 aromatic heterocycles. The molecule has 0 bridgehead atoms. The predicted octanol–water partition coefficient (Wildman–Crippen LogP) is 10.9. The second-order valence-electron chi connectivity index (χ2n) is 14.6. The van der Waals surface area contributed by atoms with Crippen LogP contribution in [0, 0.1) is 0 Å². The number of unbranched alkanes of at least 4 members (excludes halogenated alkanes) is 16. The lowest BCUT2D eigenvalue weighted by atomic mass is 10.1. The van der Waals surface area contributed by atoms with E-state index in [1.807, 2.05) is 0 Å². The topological polar surface area (TPSA) is 89.5 Å². The monoisotopic (exact) mass is 709 g/mol. The van der Waals surface area contributed by atoms with Crippen LogP contribution >= 0.6 is 0 Å². The Balaban J connectivity index is -0.000000720. The van der Waals surface area contributed by atoms with Gasteiger partial charge in [0.2, 0.25) is 10.4 Å². The number of nitrogens with zero attached hydrogens (tertiary/aromatic N) is 2. The second-order valence-corrected chi connectivity index (χ2v) is 15.6. The molecule has 7 nitrogen and oxygen atoms in total. The Morgan fingerprint density at radius 1 is 0.354 bits per heavy atom. The van der Waals surface area contributed by atoms with E-state index in [1.165, 1.54) is 215 Å². The highest BCUT2D eigenvalue weighted by atomic mass is 32.3. The van der Waals surface area contributed by atoms with E-state index in [1.54, 1.807) is 0 Å². The SMILES string of the molecule is CCCCC[N+](CCCCC)(CCCCC)CCCCC.CCCCC[N+](CCCCC)(CCCCC)CCCCC.O=S(=O)([O-])O[O-]. The number of hydrogen-bond donors (Lipinski definition) is 0. The molecule has 0 aliphatic carbocycles. The standard InChI is InChI=1S/2C20H44N.H2O5S/c2*1-5-9-13-17-21(18-14-10-6-2,19-15-11-7-3)20-16-12-8-4;1-5-6(2,3)4/h2*5-20H2,1-4H3;1H,(H,2,3,4)/q2*+1;/p-2. The largest absolute Gasteiger partial charge is 0.726 e. The second kappa shape index (κ2) is 38.0. The maximum absolute atomic E-state index is 8.91. The lowest BCUT2D eigenvalue weighted by Crippen LogP contribution is -2.50. The van der Waals surface area contributed by atoms with Gasteiger partial charge in [0.25, 0.3) is 0 Å². The van der Waals surface area contributed by atoms with Gasteiger partial charge >= 0.3 is 0 Å². The summed E-state index contributed by atoms with van der Waals surface area (Å²) in [6.07, 6.45) is 33.8. The molecule has 0 saturated carbocycles. The van der Waals surface area contributed by atoms with Gasteiger partial charge < -0.3 is 23.1 Å². The summed E-state index contributed by atoms with van der Waals surface area (Å²) in [5.41, 5.74) is 0. The van der Waals surface area contributed by atoms with Crippen molar-refractivity contribution in [3.63, 3.8) is 0 Å². The van der Waals surface area contributed by atoms with Gasteiger partial charge in [-0.25, -0.2) is 8.42 Å². The van der Waals surface area contributed by atoms with E-state index in [2.05, 4.69) is 59.7 Å². The molecule has 0 aromatic carbocycles. The van der Waals surface area contributed by atoms with Crippen molar-refractivity contribution in [2.75, 3.05) is 52.4 Å². The van der Waals surface area contributed by atoms with Gasteiger partial charge in [-0.05, 0) is 103 Å². The minimum atomic E-state index is -4.97. The van der Waals surface area contributed by atoms with E-state index >= 15 is 0 Å². The fourth-order valence-electron chi connectivity index (χ4n) is 6.92. The molecule has 0 aromatic rings. The fourth-order valence-corrected chi connectivity index (χ4v) is 6.92. The first-order valence-electron chi connectivity index (χ1n) is 21.0. The quantitative estimate of drug-likeness (QED) is 0.0169. The molecule has 0 aliphatic heterocycles. The molecule has 0 fully saturated rings. The summed E-state index contributed by atoms with van der Waals surface area (Å²) < 4.78 is 31.7. The normalized spacial score (nSPS) is 12.0. The van der Waals surface area contributed by atoms with Crippen LogP contribution in [-0.4, -0.2) is 74.3 Å². The van der Waals surface area contributed by atoms with Crippen molar-refractivity contribution in [1.82, 2.24) is 0 Å². The molecule has 0 spiro atoms. The Bertz CT molecular complexity index is 585. The Morgan fingerprint density at radius 2 is 0.479 bits per heavy atom. The lowest BCUT2D eigenvalue weighted by molar-refractivity contribution is -0.929. The summed E-state index contributed by atoms with van der Waals surface area (Å²) in [7, 11) is -4.97. The van der Waals surface area contributed by atoms with Crippen molar-refractivity contribution in [2.24, 2.45) is 0 Å². The van der Waals surface area contributed by atoms with Crippen LogP contribution in [-0.2, 0) is 14.7 Å². The van der Waals surface area contributed by atoms with Crippen molar-refractivity contribution in [3.8, 4) is 0 Å². The van der Waals surface area contributed by atoms with Crippen LogP contribution in [0.15, 0.2) is 0 Å². The molecule has 0 rings (SSSR count). The summed E-state index contributed by atoms with van der Waals surface area (Å²) in [4.78, 5) is 0. The van der Waals surface area contributed by atoms with Gasteiger partial charge in [-0.3, -0.25) is 0 Å². The Morgan fingerprint density at radius 3 is 0.562 bits per heavy atom. The number of hydrogen-bond acceptors (Lipinski definition) is 5. The first-order chi connectivity index (χ1) is 23.0. The van der Waals surface area contributed by atoms with Crippen LogP contribution in [0.3, 0.4) is 0 Å². The van der Waals surface area contributed by atoms with Crippen molar-refractivity contribution in [3.05, 3.63) is 0 Å². The molecular weight excluding hydrogens is 621 g/mol. The maximum Gasteiger partial charge on any atom is 0.208 e. The van der Waals surface area contributed by atoms with Crippen LogP contribution in [0.25, 0.3) is 0 Å². The van der Waals surface area contributed by atoms with Crippen molar-refractivity contribution < 1.29 is 31.5 Å². The average Bonchev–Trinajstić information content (AvgIpc) is 3.06. The Hall–Kier alpha value is -0.250. The molecule has 0 atom stereocenters. The zero-order valence-electron chi connectivity index (χ0n) is 34.0. The van der Waals surface area contributed by atoms with E-state index in [4.69, 9.17) is 18.2 Å². The van der Waals surface area contributed by atoms with Crippen LogP contribution in [0.2, 0.25) is 0 Å². The molecule has 0 heterocycles. The molecule has 0 unspecified atom stereocenters. The highest BCUT2D eigenvalue weighted by molar-refractivity contribution is 7.80. The smallest absolute Gasteiger partial charge is 0.208 e. The van der Waals surface area contributed by atoms with Gasteiger partial charge in [0.05, 0.1) is 52.4 Å². The van der Waals surface area contributed by atoms with Gasteiger partial charge in [0, 0.05) is 0 Å². The lowest BCUT2D eigenvalue weighted by Gasteiger charge is -2.39. The van der Waals surface area contributed by atoms with Crippen molar-refractivity contribution in [1.29, 1.82) is 0 Å². The maximum atomic E-state index is 8.91. The molecular formula is C40H88N2O5S. The molecule has 0 saturated heterocycles. The molecule has 294 valence electrons. The highest BCUT2D eigenvalue weighted by Gasteiger charge is 2.26. The van der Waals surface area contributed by atoms with Gasteiger partial charge in [-0.1, -0.05) is 107 Å². The third-order valence-electron chi connectivity index (χ3n) is 9.97. The van der Waals surface area contributed by atoms with E-state index in [-0.39, 0.29) is 0 Å². The van der Waals surface area contributed by atoms with Crippen LogP contribution in [0.4, 0.5) is 0 Å².